The highest BCUT2D eigenvalue weighted by atomic mass is 32.2. The highest BCUT2D eigenvalue weighted by molar-refractivity contribution is 7.98. The van der Waals surface area contributed by atoms with Crippen LogP contribution in [0.4, 0.5) is 0 Å². The van der Waals surface area contributed by atoms with Crippen LogP contribution in [0.1, 0.15) is 60.8 Å². The van der Waals surface area contributed by atoms with E-state index in [0.717, 1.165) is 5.75 Å². The van der Waals surface area contributed by atoms with E-state index in [4.69, 9.17) is 5.73 Å². The highest BCUT2D eigenvalue weighted by Crippen LogP contribution is 2.13. The lowest BCUT2D eigenvalue weighted by molar-refractivity contribution is -0.144. The summed E-state index contributed by atoms with van der Waals surface area (Å²) < 4.78 is 0. The molecule has 0 fully saturated rings. The molecule has 6 N–H and O–H groups in total. The molecule has 3 amide bonds. The normalized spacial score (nSPS) is 16.9. The van der Waals surface area contributed by atoms with Gasteiger partial charge >= 0.3 is 5.97 Å². The number of thioether (sulfide) groups is 1. The van der Waals surface area contributed by atoms with Gasteiger partial charge in [-0.25, -0.2) is 4.79 Å². The van der Waals surface area contributed by atoms with Gasteiger partial charge in [-0.05, 0) is 36.2 Å². The summed E-state index contributed by atoms with van der Waals surface area (Å²) in [5, 5.41) is 17.5. The zero-order chi connectivity index (χ0) is 25.0. The average molecular weight is 475 g/mol. The molecule has 6 atom stereocenters. The molecule has 0 radical (unpaired) electrons. The minimum absolute atomic E-state index is 0.186. The lowest BCUT2D eigenvalue weighted by atomic mass is 9.95. The van der Waals surface area contributed by atoms with Gasteiger partial charge in [-0.1, -0.05) is 54.4 Å². The molecule has 0 aliphatic carbocycles. The molecule has 9 nitrogen and oxygen atoms in total. The number of aliphatic carboxylic acids is 1. The van der Waals surface area contributed by atoms with Crippen molar-refractivity contribution in [1.82, 2.24) is 16.0 Å². The summed E-state index contributed by atoms with van der Waals surface area (Å²) in [5.41, 5.74) is 5.94. The molecule has 0 aromatic carbocycles. The summed E-state index contributed by atoms with van der Waals surface area (Å²) in [5.74, 6) is -2.60. The van der Waals surface area contributed by atoms with Crippen LogP contribution in [0, 0.1) is 17.8 Å². The smallest absolute Gasteiger partial charge is 0.326 e. The number of amides is 3. The first-order valence-electron chi connectivity index (χ1n) is 11.3. The molecule has 0 saturated carbocycles. The topological polar surface area (TPSA) is 151 Å². The molecule has 0 aromatic rings. The van der Waals surface area contributed by atoms with Crippen LogP contribution in [-0.4, -0.2) is 65.0 Å². The second-order valence-electron chi connectivity index (χ2n) is 8.70. The minimum Gasteiger partial charge on any atom is -0.480 e. The number of carboxylic acid groups (broad SMARTS) is 1. The van der Waals surface area contributed by atoms with Crippen molar-refractivity contribution in [2.45, 2.75) is 85.0 Å². The lowest BCUT2D eigenvalue weighted by Crippen LogP contribution is -2.60. The molecule has 0 spiro atoms. The van der Waals surface area contributed by atoms with Gasteiger partial charge in [0.25, 0.3) is 0 Å². The molecule has 0 aliphatic heterocycles. The lowest BCUT2D eigenvalue weighted by Gasteiger charge is -2.30. The van der Waals surface area contributed by atoms with Gasteiger partial charge < -0.3 is 26.8 Å². The van der Waals surface area contributed by atoms with Gasteiger partial charge in [-0.2, -0.15) is 11.8 Å². The number of rotatable bonds is 15. The fraction of sp³-hybridized carbons (Fsp3) is 0.818. The third kappa shape index (κ3) is 9.77. The second kappa shape index (κ2) is 15.1. The summed E-state index contributed by atoms with van der Waals surface area (Å²) >= 11 is 1.58. The fourth-order valence-corrected chi connectivity index (χ4v) is 3.53. The van der Waals surface area contributed by atoms with E-state index < -0.39 is 47.9 Å². The van der Waals surface area contributed by atoms with Crippen molar-refractivity contribution in [3.05, 3.63) is 0 Å². The van der Waals surface area contributed by atoms with E-state index >= 15 is 0 Å². The molecular formula is C22H42N4O5S. The van der Waals surface area contributed by atoms with E-state index in [9.17, 15) is 24.3 Å². The number of nitrogens with one attached hydrogen (secondary N) is 3. The number of carbonyl (C=O) groups excluding carboxylic acids is 3. The van der Waals surface area contributed by atoms with Gasteiger partial charge in [0.05, 0.1) is 6.04 Å². The SMILES string of the molecule is CCC(C)C(NC(=O)C(NC(=O)C(NC(=O)C(N)CCSC)C(C)CC)C(C)C)C(=O)O. The van der Waals surface area contributed by atoms with Crippen LogP contribution in [0.3, 0.4) is 0 Å². The van der Waals surface area contributed by atoms with Gasteiger partial charge in [0, 0.05) is 0 Å². The monoisotopic (exact) mass is 474 g/mol. The third-order valence-electron chi connectivity index (χ3n) is 5.79. The summed E-state index contributed by atoms with van der Waals surface area (Å²) in [7, 11) is 0. The van der Waals surface area contributed by atoms with Gasteiger partial charge in [-0.3, -0.25) is 14.4 Å². The Morgan fingerprint density at radius 3 is 1.69 bits per heavy atom. The Balaban J connectivity index is 5.47. The van der Waals surface area contributed by atoms with Crippen LogP contribution in [0.25, 0.3) is 0 Å². The molecule has 0 aliphatic rings. The van der Waals surface area contributed by atoms with Gasteiger partial charge in [0.1, 0.15) is 18.1 Å². The Morgan fingerprint density at radius 2 is 1.25 bits per heavy atom. The molecule has 0 heterocycles. The van der Waals surface area contributed by atoms with E-state index in [1.54, 1.807) is 32.5 Å². The molecule has 32 heavy (non-hydrogen) atoms. The molecule has 186 valence electrons. The molecule has 6 unspecified atom stereocenters. The zero-order valence-electron chi connectivity index (χ0n) is 20.4. The van der Waals surface area contributed by atoms with Crippen LogP contribution in [-0.2, 0) is 19.2 Å². The first kappa shape index (κ1) is 30.2. The average Bonchev–Trinajstić information content (AvgIpc) is 2.75. The summed E-state index contributed by atoms with van der Waals surface area (Å²) in [6.45, 7) is 10.9. The van der Waals surface area contributed by atoms with E-state index in [1.165, 1.54) is 0 Å². The maximum atomic E-state index is 13.1. The summed E-state index contributed by atoms with van der Waals surface area (Å²) in [4.78, 5) is 50.0. The molecule has 0 aromatic heterocycles. The van der Waals surface area contributed by atoms with Crippen LogP contribution in [0.15, 0.2) is 0 Å². The number of hydrogen-bond donors (Lipinski definition) is 5. The van der Waals surface area contributed by atoms with Gasteiger partial charge in [0.2, 0.25) is 17.7 Å². The van der Waals surface area contributed by atoms with E-state index in [-0.39, 0.29) is 17.8 Å². The molecule has 0 saturated heterocycles. The van der Waals surface area contributed by atoms with Gasteiger partial charge in [0.15, 0.2) is 0 Å². The maximum absolute atomic E-state index is 13.1. The van der Waals surface area contributed by atoms with E-state index in [1.807, 2.05) is 27.0 Å². The van der Waals surface area contributed by atoms with Gasteiger partial charge in [-0.15, -0.1) is 0 Å². The Labute approximate surface area is 196 Å². The minimum atomic E-state index is -1.12. The third-order valence-corrected chi connectivity index (χ3v) is 6.43. The first-order valence-corrected chi connectivity index (χ1v) is 12.7. The number of nitrogens with two attached hydrogens (primary N) is 1. The molecular weight excluding hydrogens is 432 g/mol. The van der Waals surface area contributed by atoms with Crippen LogP contribution < -0.4 is 21.7 Å². The Morgan fingerprint density at radius 1 is 0.812 bits per heavy atom. The Kier molecular flexibility index (Phi) is 14.2. The van der Waals surface area contributed by atoms with Crippen molar-refractivity contribution in [3.8, 4) is 0 Å². The zero-order valence-corrected chi connectivity index (χ0v) is 21.3. The molecule has 0 rings (SSSR count). The predicted molar refractivity (Wildman–Crippen MR) is 128 cm³/mol. The second-order valence-corrected chi connectivity index (χ2v) is 9.69. The summed E-state index contributed by atoms with van der Waals surface area (Å²) in [6, 6.07) is -3.57. The highest BCUT2D eigenvalue weighted by Gasteiger charge is 2.34. The quantitative estimate of drug-likeness (QED) is 0.240. The number of carboxylic acids is 1. The van der Waals surface area contributed by atoms with Crippen molar-refractivity contribution in [3.63, 3.8) is 0 Å². The fourth-order valence-electron chi connectivity index (χ4n) is 3.04. The van der Waals surface area contributed by atoms with Crippen LogP contribution >= 0.6 is 11.8 Å². The van der Waals surface area contributed by atoms with E-state index in [0.29, 0.717) is 19.3 Å². The number of hydrogen-bond acceptors (Lipinski definition) is 6. The van der Waals surface area contributed by atoms with Crippen molar-refractivity contribution < 1.29 is 24.3 Å². The first-order chi connectivity index (χ1) is 14.9. The molecule has 0 bridgehead atoms. The van der Waals surface area contributed by atoms with E-state index in [2.05, 4.69) is 16.0 Å². The van der Waals surface area contributed by atoms with Crippen LogP contribution in [0.2, 0.25) is 0 Å². The predicted octanol–water partition coefficient (Wildman–Crippen LogP) is 1.35. The Hall–Kier alpha value is -1.81. The van der Waals surface area contributed by atoms with Crippen molar-refractivity contribution in [1.29, 1.82) is 0 Å². The Bertz CT molecular complexity index is 631. The standard InChI is InChI=1S/C22H42N4O5S/c1-8-13(5)17(25-19(27)15(23)10-11-32-7)21(29)24-16(12(3)4)20(28)26-18(22(30)31)14(6)9-2/h12-18H,8-11,23H2,1-7H3,(H,24,29)(H,25,27)(H,26,28)(H,30,31). The largest absolute Gasteiger partial charge is 0.480 e. The number of carbonyl (C=O) groups is 4. The van der Waals surface area contributed by atoms with Crippen LogP contribution in [0.5, 0.6) is 0 Å². The summed E-state index contributed by atoms with van der Waals surface area (Å²) in [6.07, 6.45) is 3.62. The molecule has 10 heteroatoms. The van der Waals surface area contributed by atoms with Crippen molar-refractivity contribution in [2.75, 3.05) is 12.0 Å². The van der Waals surface area contributed by atoms with Crippen molar-refractivity contribution in [2.24, 2.45) is 23.5 Å². The maximum Gasteiger partial charge on any atom is 0.326 e. The van der Waals surface area contributed by atoms with Crippen molar-refractivity contribution >= 4 is 35.5 Å².